The van der Waals surface area contributed by atoms with E-state index in [1.807, 2.05) is 0 Å². The highest BCUT2D eigenvalue weighted by Crippen LogP contribution is 2.20. The van der Waals surface area contributed by atoms with Crippen LogP contribution in [0.3, 0.4) is 0 Å². The molecule has 0 saturated carbocycles. The van der Waals surface area contributed by atoms with Gasteiger partial charge in [0.1, 0.15) is 12.6 Å². The summed E-state index contributed by atoms with van der Waals surface area (Å²) < 4.78 is 28.2. The number of carbonyl (C=O) groups is 1. The SMILES string of the molecule is CNOC(OC1CCCCO1)[C@@H](CF)C(=O)OC. The predicted octanol–water partition coefficient (Wildman–Crippen LogP) is 0.765. The number of carbonyl (C=O) groups excluding carboxylic acids is 1. The number of ether oxygens (including phenoxy) is 3. The highest BCUT2D eigenvalue weighted by atomic mass is 19.1. The van der Waals surface area contributed by atoms with Crippen LogP contribution in [0.1, 0.15) is 19.3 Å². The summed E-state index contributed by atoms with van der Waals surface area (Å²) in [6, 6.07) is 0. The number of esters is 1. The van der Waals surface area contributed by atoms with Crippen LogP contribution in [0.25, 0.3) is 0 Å². The molecule has 0 aliphatic carbocycles. The highest BCUT2D eigenvalue weighted by Gasteiger charge is 2.34. The summed E-state index contributed by atoms with van der Waals surface area (Å²) >= 11 is 0. The number of hydrogen-bond donors (Lipinski definition) is 1. The quantitative estimate of drug-likeness (QED) is 0.416. The van der Waals surface area contributed by atoms with Gasteiger partial charge in [-0.2, -0.15) is 0 Å². The van der Waals surface area contributed by atoms with Crippen LogP contribution in [-0.2, 0) is 23.8 Å². The molecule has 3 atom stereocenters. The number of rotatable bonds is 7. The third kappa shape index (κ3) is 4.49. The molecule has 7 heteroatoms. The van der Waals surface area contributed by atoms with Crippen molar-refractivity contribution in [2.75, 3.05) is 27.4 Å². The van der Waals surface area contributed by atoms with Crippen molar-refractivity contribution in [2.45, 2.75) is 31.8 Å². The molecular weight excluding hydrogens is 245 g/mol. The molecule has 0 amide bonds. The Hall–Kier alpha value is -0.760. The van der Waals surface area contributed by atoms with Gasteiger partial charge in [-0.05, 0) is 19.3 Å². The maximum absolute atomic E-state index is 12.9. The fourth-order valence-electron chi connectivity index (χ4n) is 1.69. The minimum Gasteiger partial charge on any atom is -0.469 e. The van der Waals surface area contributed by atoms with Crippen LogP contribution in [0.5, 0.6) is 0 Å². The second-order valence-electron chi connectivity index (χ2n) is 3.91. The molecule has 0 aromatic rings. The number of nitrogens with one attached hydrogen (secondary N) is 1. The van der Waals surface area contributed by atoms with E-state index in [9.17, 15) is 9.18 Å². The van der Waals surface area contributed by atoms with Crippen LogP contribution in [0.2, 0.25) is 0 Å². The minimum atomic E-state index is -1.13. The standard InChI is InChI=1S/C11H20FNO5/c1-13-18-11(8(7-12)10(14)15-2)17-9-5-3-4-6-16-9/h8-9,11,13H,3-7H2,1-2H3/t8-,9?,11?/m0/s1. The Balaban J connectivity index is 2.57. The third-order valence-electron chi connectivity index (χ3n) is 2.66. The number of hydrogen-bond acceptors (Lipinski definition) is 6. The molecule has 1 heterocycles. The number of alkyl halides is 1. The van der Waals surface area contributed by atoms with Crippen LogP contribution >= 0.6 is 0 Å². The van der Waals surface area contributed by atoms with Gasteiger partial charge in [0, 0.05) is 13.7 Å². The van der Waals surface area contributed by atoms with Gasteiger partial charge in [0.05, 0.1) is 7.11 Å². The average molecular weight is 265 g/mol. The first-order valence-corrected chi connectivity index (χ1v) is 5.96. The van der Waals surface area contributed by atoms with Gasteiger partial charge in [-0.15, -0.1) is 0 Å². The van der Waals surface area contributed by atoms with Crippen molar-refractivity contribution in [3.63, 3.8) is 0 Å². The molecule has 2 unspecified atom stereocenters. The van der Waals surface area contributed by atoms with E-state index in [-0.39, 0.29) is 0 Å². The van der Waals surface area contributed by atoms with Gasteiger partial charge in [-0.3, -0.25) is 9.63 Å². The predicted molar refractivity (Wildman–Crippen MR) is 60.1 cm³/mol. The summed E-state index contributed by atoms with van der Waals surface area (Å²) in [5.74, 6) is -1.85. The number of halogens is 1. The lowest BCUT2D eigenvalue weighted by Gasteiger charge is -2.29. The van der Waals surface area contributed by atoms with Gasteiger partial charge >= 0.3 is 5.97 Å². The first-order chi connectivity index (χ1) is 8.72. The van der Waals surface area contributed by atoms with Crippen LogP contribution in [-0.4, -0.2) is 46.0 Å². The van der Waals surface area contributed by atoms with E-state index in [1.54, 1.807) is 0 Å². The van der Waals surface area contributed by atoms with Crippen molar-refractivity contribution in [1.29, 1.82) is 0 Å². The monoisotopic (exact) mass is 265 g/mol. The fourth-order valence-corrected chi connectivity index (χ4v) is 1.69. The van der Waals surface area contributed by atoms with Crippen molar-refractivity contribution in [3.05, 3.63) is 0 Å². The van der Waals surface area contributed by atoms with Gasteiger partial charge in [-0.25, -0.2) is 9.87 Å². The highest BCUT2D eigenvalue weighted by molar-refractivity contribution is 5.72. The molecule has 0 bridgehead atoms. The molecule has 0 spiro atoms. The Morgan fingerprint density at radius 2 is 2.33 bits per heavy atom. The van der Waals surface area contributed by atoms with Crippen molar-refractivity contribution < 1.29 is 28.2 Å². The second kappa shape index (κ2) is 8.36. The summed E-state index contributed by atoms with van der Waals surface area (Å²) in [6.45, 7) is -0.332. The average Bonchev–Trinajstić information content (AvgIpc) is 2.40. The van der Waals surface area contributed by atoms with E-state index in [0.717, 1.165) is 12.8 Å². The normalized spacial score (nSPS) is 23.4. The topological polar surface area (TPSA) is 66.0 Å². The molecule has 1 fully saturated rings. The maximum Gasteiger partial charge on any atom is 0.316 e. The van der Waals surface area contributed by atoms with Gasteiger partial charge in [0.2, 0.25) is 0 Å². The van der Waals surface area contributed by atoms with E-state index in [2.05, 4.69) is 10.2 Å². The molecule has 6 nitrogen and oxygen atoms in total. The van der Waals surface area contributed by atoms with Crippen LogP contribution in [0, 0.1) is 5.92 Å². The molecule has 1 N–H and O–H groups in total. The molecule has 1 rings (SSSR count). The zero-order valence-corrected chi connectivity index (χ0v) is 10.7. The molecule has 106 valence electrons. The number of hydroxylamine groups is 1. The van der Waals surface area contributed by atoms with Crippen molar-refractivity contribution in [2.24, 2.45) is 5.92 Å². The second-order valence-corrected chi connectivity index (χ2v) is 3.91. The Kier molecular flexibility index (Phi) is 7.11. The molecule has 18 heavy (non-hydrogen) atoms. The van der Waals surface area contributed by atoms with Crippen molar-refractivity contribution in [1.82, 2.24) is 5.48 Å². The summed E-state index contributed by atoms with van der Waals surface area (Å²) in [4.78, 5) is 16.4. The van der Waals surface area contributed by atoms with Crippen LogP contribution in [0.4, 0.5) is 4.39 Å². The van der Waals surface area contributed by atoms with E-state index in [4.69, 9.17) is 14.3 Å². The lowest BCUT2D eigenvalue weighted by atomic mass is 10.1. The van der Waals surface area contributed by atoms with Gasteiger partial charge in [0.15, 0.2) is 12.6 Å². The lowest BCUT2D eigenvalue weighted by molar-refractivity contribution is -0.285. The van der Waals surface area contributed by atoms with Gasteiger partial charge in [0.25, 0.3) is 0 Å². The molecular formula is C11H20FNO5. The zero-order valence-electron chi connectivity index (χ0n) is 10.7. The van der Waals surface area contributed by atoms with E-state index >= 15 is 0 Å². The largest absolute Gasteiger partial charge is 0.469 e. The molecule has 0 aromatic heterocycles. The Bertz CT molecular complexity index is 248. The van der Waals surface area contributed by atoms with Gasteiger partial charge in [-0.1, -0.05) is 0 Å². The Morgan fingerprint density at radius 1 is 1.56 bits per heavy atom. The number of methoxy groups -OCH3 is 1. The molecule has 1 aliphatic rings. The Morgan fingerprint density at radius 3 is 2.83 bits per heavy atom. The minimum absolute atomic E-state index is 0.476. The Labute approximate surface area is 106 Å². The smallest absolute Gasteiger partial charge is 0.316 e. The molecule has 0 radical (unpaired) electrons. The van der Waals surface area contributed by atoms with Crippen molar-refractivity contribution >= 4 is 5.97 Å². The summed E-state index contributed by atoms with van der Waals surface area (Å²) in [6.07, 6.45) is 1.09. The fraction of sp³-hybridized carbons (Fsp3) is 0.909. The first kappa shape index (κ1) is 15.3. The lowest BCUT2D eigenvalue weighted by Crippen LogP contribution is -2.41. The zero-order chi connectivity index (χ0) is 13.4. The third-order valence-corrected chi connectivity index (χ3v) is 2.66. The molecule has 1 aliphatic heterocycles. The van der Waals surface area contributed by atoms with Crippen molar-refractivity contribution in [3.8, 4) is 0 Å². The maximum atomic E-state index is 12.9. The van der Waals surface area contributed by atoms with E-state index in [1.165, 1.54) is 14.2 Å². The van der Waals surface area contributed by atoms with E-state index < -0.39 is 31.1 Å². The van der Waals surface area contributed by atoms with Crippen LogP contribution in [0.15, 0.2) is 0 Å². The summed E-state index contributed by atoms with van der Waals surface area (Å²) in [5, 5.41) is 0. The summed E-state index contributed by atoms with van der Waals surface area (Å²) in [7, 11) is 2.70. The van der Waals surface area contributed by atoms with Gasteiger partial charge < -0.3 is 14.2 Å². The first-order valence-electron chi connectivity index (χ1n) is 5.96. The molecule has 0 aromatic carbocycles. The molecule has 1 saturated heterocycles. The summed E-state index contributed by atoms with van der Waals surface area (Å²) in [5.41, 5.74) is 2.40. The van der Waals surface area contributed by atoms with Crippen LogP contribution < -0.4 is 5.48 Å². The van der Waals surface area contributed by atoms with E-state index in [0.29, 0.717) is 13.0 Å².